The number of hydrogen-bond acceptors (Lipinski definition) is 5. The van der Waals surface area contributed by atoms with Crippen LogP contribution in [0.5, 0.6) is 0 Å². The van der Waals surface area contributed by atoms with E-state index in [2.05, 4.69) is 65.4 Å². The van der Waals surface area contributed by atoms with Crippen LogP contribution in [0.3, 0.4) is 0 Å². The fourth-order valence-corrected chi connectivity index (χ4v) is 6.07. The minimum absolute atomic E-state index is 0.364. The Bertz CT molecular complexity index is 1180. The van der Waals surface area contributed by atoms with Gasteiger partial charge >= 0.3 is 8.80 Å². The van der Waals surface area contributed by atoms with Crippen molar-refractivity contribution in [2.24, 2.45) is 0 Å². The first-order valence-electron chi connectivity index (χ1n) is 10.9. The molecule has 32 heavy (non-hydrogen) atoms. The first-order valence-corrected chi connectivity index (χ1v) is 12.9. The second-order valence-corrected chi connectivity index (χ2v) is 11.2. The van der Waals surface area contributed by atoms with Crippen LogP contribution in [0.4, 0.5) is 0 Å². The van der Waals surface area contributed by atoms with Crippen LogP contribution in [-0.4, -0.2) is 40.1 Å². The highest BCUT2D eigenvalue weighted by Crippen LogP contribution is 2.30. The zero-order chi connectivity index (χ0) is 22.6. The molecule has 0 spiro atoms. The molecule has 5 nitrogen and oxygen atoms in total. The molecule has 0 N–H and O–H groups in total. The largest absolute Gasteiger partial charge is 0.500 e. The van der Waals surface area contributed by atoms with Gasteiger partial charge in [-0.15, -0.1) is 0 Å². The maximum Gasteiger partial charge on any atom is 0.500 e. The van der Waals surface area contributed by atoms with E-state index in [-0.39, 0.29) is 0 Å². The molecule has 0 fully saturated rings. The Morgan fingerprint density at radius 1 is 0.781 bits per heavy atom. The summed E-state index contributed by atoms with van der Waals surface area (Å²) in [5, 5.41) is 2.30. The van der Waals surface area contributed by atoms with Crippen molar-refractivity contribution in [1.82, 2.24) is 9.97 Å². The predicted octanol–water partition coefficient (Wildman–Crippen LogP) is 5.55. The molecular weight excluding hydrogens is 416 g/mol. The van der Waals surface area contributed by atoms with Crippen LogP contribution in [-0.2, 0) is 26.1 Å². The number of rotatable bonds is 9. The van der Waals surface area contributed by atoms with E-state index < -0.39 is 8.80 Å². The van der Waals surface area contributed by atoms with Gasteiger partial charge in [-0.2, -0.15) is 0 Å². The first-order chi connectivity index (χ1) is 15.6. The monoisotopic (exact) mass is 446 g/mol. The summed E-state index contributed by atoms with van der Waals surface area (Å²) in [7, 11) is 2.43. The number of nitrogens with zero attached hydrogens (tertiary/aromatic N) is 2. The van der Waals surface area contributed by atoms with Gasteiger partial charge < -0.3 is 13.3 Å². The van der Waals surface area contributed by atoms with Crippen molar-refractivity contribution in [3.05, 3.63) is 83.7 Å². The van der Waals surface area contributed by atoms with Crippen molar-refractivity contribution in [2.45, 2.75) is 31.7 Å². The van der Waals surface area contributed by atoms with E-state index in [0.29, 0.717) is 5.92 Å². The molecule has 0 aliphatic heterocycles. The molecule has 0 amide bonds. The third kappa shape index (κ3) is 4.59. The molecule has 1 unspecified atom stereocenters. The number of aromatic nitrogens is 2. The van der Waals surface area contributed by atoms with Crippen molar-refractivity contribution in [3.8, 4) is 0 Å². The normalized spacial score (nSPS) is 13.0. The van der Waals surface area contributed by atoms with Gasteiger partial charge in [-0.3, -0.25) is 9.97 Å². The standard InChI is InChI=1S/C26H30N2O3Si/c1-19(18-21-9-7-20(8-10-21)14-17-32(29-2,30-3)31-4)23-13-16-28-26-24(23)12-11-22-6-5-15-27-25(22)26/h5-13,15-16,19H,14,17-18H2,1-4H3. The Morgan fingerprint density at radius 3 is 2.19 bits per heavy atom. The van der Waals surface area contributed by atoms with Crippen molar-refractivity contribution < 1.29 is 13.3 Å². The van der Waals surface area contributed by atoms with E-state index in [1.165, 1.54) is 22.1 Å². The summed E-state index contributed by atoms with van der Waals surface area (Å²) in [6.45, 7) is 2.28. The zero-order valence-corrected chi connectivity index (χ0v) is 20.2. The summed E-state index contributed by atoms with van der Waals surface area (Å²) in [4.78, 5) is 9.21. The Morgan fingerprint density at radius 2 is 1.47 bits per heavy atom. The van der Waals surface area contributed by atoms with Crippen molar-refractivity contribution >= 4 is 30.6 Å². The first kappa shape index (κ1) is 22.5. The molecule has 0 bridgehead atoms. The minimum atomic E-state index is -2.54. The lowest BCUT2D eigenvalue weighted by atomic mass is 9.90. The lowest BCUT2D eigenvalue weighted by molar-refractivity contribution is 0.123. The van der Waals surface area contributed by atoms with Gasteiger partial charge in [0.25, 0.3) is 0 Å². The molecule has 4 rings (SSSR count). The van der Waals surface area contributed by atoms with Crippen LogP contribution < -0.4 is 0 Å². The van der Waals surface area contributed by atoms with Crippen LogP contribution in [0.25, 0.3) is 21.8 Å². The molecule has 1 atom stereocenters. The van der Waals surface area contributed by atoms with Gasteiger partial charge in [0.15, 0.2) is 0 Å². The highest BCUT2D eigenvalue weighted by atomic mass is 28.4. The number of benzene rings is 2. The van der Waals surface area contributed by atoms with Crippen molar-refractivity contribution in [1.29, 1.82) is 0 Å². The molecule has 0 radical (unpaired) electrons. The topological polar surface area (TPSA) is 53.5 Å². The molecule has 2 aromatic carbocycles. The summed E-state index contributed by atoms with van der Waals surface area (Å²) in [6.07, 6.45) is 5.57. The van der Waals surface area contributed by atoms with E-state index in [1.54, 1.807) is 21.3 Å². The fourth-order valence-electron chi connectivity index (χ4n) is 4.36. The van der Waals surface area contributed by atoms with Gasteiger partial charge in [-0.1, -0.05) is 49.4 Å². The van der Waals surface area contributed by atoms with E-state index >= 15 is 0 Å². The van der Waals surface area contributed by atoms with E-state index in [1.807, 2.05) is 18.5 Å². The van der Waals surface area contributed by atoms with Crippen LogP contribution in [0.1, 0.15) is 29.5 Å². The van der Waals surface area contributed by atoms with Crippen LogP contribution in [0, 0.1) is 0 Å². The Balaban J connectivity index is 1.50. The van der Waals surface area contributed by atoms with Crippen molar-refractivity contribution in [3.63, 3.8) is 0 Å². The molecule has 2 heterocycles. The molecule has 0 saturated carbocycles. The van der Waals surface area contributed by atoms with Crippen LogP contribution in [0.2, 0.25) is 6.04 Å². The number of aryl methyl sites for hydroxylation is 1. The van der Waals surface area contributed by atoms with Gasteiger partial charge in [0.1, 0.15) is 0 Å². The van der Waals surface area contributed by atoms with Gasteiger partial charge in [0, 0.05) is 50.5 Å². The molecule has 6 heteroatoms. The van der Waals surface area contributed by atoms with Gasteiger partial charge in [0.05, 0.1) is 11.0 Å². The highest BCUT2D eigenvalue weighted by molar-refractivity contribution is 6.60. The van der Waals surface area contributed by atoms with E-state index in [0.717, 1.165) is 35.3 Å². The second kappa shape index (κ2) is 9.88. The smallest absolute Gasteiger partial charge is 0.377 e. The molecule has 2 aromatic heterocycles. The number of pyridine rings is 2. The third-order valence-corrected chi connectivity index (χ3v) is 8.99. The summed E-state index contributed by atoms with van der Waals surface area (Å²) >= 11 is 0. The van der Waals surface area contributed by atoms with E-state index in [4.69, 9.17) is 13.3 Å². The second-order valence-electron chi connectivity index (χ2n) is 8.15. The number of fused-ring (bicyclic) bond motifs is 3. The van der Waals surface area contributed by atoms with E-state index in [9.17, 15) is 0 Å². The SMILES string of the molecule is CO[Si](CCc1ccc(CC(C)c2ccnc3c2ccc2cccnc23)cc1)(OC)OC. The quantitative estimate of drug-likeness (QED) is 0.249. The molecule has 0 saturated heterocycles. The molecule has 4 aromatic rings. The Labute approximate surface area is 190 Å². The Kier molecular flexibility index (Phi) is 6.96. The average molecular weight is 447 g/mol. The Hall–Kier alpha value is -2.64. The van der Waals surface area contributed by atoms with Gasteiger partial charge in [-0.05, 0) is 47.6 Å². The lowest BCUT2D eigenvalue weighted by Gasteiger charge is -2.24. The summed E-state index contributed by atoms with van der Waals surface area (Å²) in [5.74, 6) is 0.364. The van der Waals surface area contributed by atoms with Crippen LogP contribution in [0.15, 0.2) is 67.0 Å². The summed E-state index contributed by atoms with van der Waals surface area (Å²) in [5.41, 5.74) is 5.83. The molecular formula is C26H30N2O3Si. The van der Waals surface area contributed by atoms with Crippen LogP contribution >= 0.6 is 0 Å². The third-order valence-electron chi connectivity index (χ3n) is 6.27. The van der Waals surface area contributed by atoms with Gasteiger partial charge in [0.2, 0.25) is 0 Å². The fraction of sp³-hybridized carbons (Fsp3) is 0.308. The predicted molar refractivity (Wildman–Crippen MR) is 131 cm³/mol. The highest BCUT2D eigenvalue weighted by Gasteiger charge is 2.37. The maximum atomic E-state index is 5.53. The summed E-state index contributed by atoms with van der Waals surface area (Å²) in [6, 6.07) is 20.1. The van der Waals surface area contributed by atoms with Gasteiger partial charge in [-0.25, -0.2) is 0 Å². The number of hydrogen-bond donors (Lipinski definition) is 0. The lowest BCUT2D eigenvalue weighted by Crippen LogP contribution is -2.43. The summed E-state index contributed by atoms with van der Waals surface area (Å²) < 4.78 is 16.6. The minimum Gasteiger partial charge on any atom is -0.377 e. The average Bonchev–Trinajstić information content (AvgIpc) is 2.85. The zero-order valence-electron chi connectivity index (χ0n) is 19.2. The van der Waals surface area contributed by atoms with Crippen molar-refractivity contribution in [2.75, 3.05) is 21.3 Å². The molecule has 166 valence electrons. The molecule has 0 aliphatic rings. The maximum absolute atomic E-state index is 5.53. The molecule has 0 aliphatic carbocycles.